The van der Waals surface area contributed by atoms with Gasteiger partial charge in [-0.05, 0) is 48.4 Å². The van der Waals surface area contributed by atoms with Gasteiger partial charge in [0.05, 0.1) is 23.1 Å². The maximum atomic E-state index is 13.3. The second kappa shape index (κ2) is 9.05. The molecule has 0 bridgehead atoms. The molecule has 1 fully saturated rings. The lowest BCUT2D eigenvalue weighted by molar-refractivity contribution is -0.136. The van der Waals surface area contributed by atoms with Crippen LogP contribution in [0.2, 0.25) is 5.02 Å². The number of ketones is 1. The van der Waals surface area contributed by atoms with E-state index in [9.17, 15) is 19.5 Å². The number of carbonyl (C=O) groups excluding carboxylic acids is 2. The van der Waals surface area contributed by atoms with E-state index in [0.717, 1.165) is 5.56 Å². The summed E-state index contributed by atoms with van der Waals surface area (Å²) in [4.78, 5) is 39.0. The van der Waals surface area contributed by atoms with Crippen molar-refractivity contribution in [2.24, 2.45) is 0 Å². The maximum absolute atomic E-state index is 13.3. The lowest BCUT2D eigenvalue weighted by Crippen LogP contribution is -2.29. The fraction of sp³-hybridized carbons (Fsp3) is 0.148. The van der Waals surface area contributed by atoms with Crippen LogP contribution in [0.15, 0.2) is 66.2 Å². The minimum atomic E-state index is -1.03. The van der Waals surface area contributed by atoms with E-state index in [-0.39, 0.29) is 29.6 Å². The van der Waals surface area contributed by atoms with E-state index < -0.39 is 23.7 Å². The molecule has 1 amide bonds. The Morgan fingerprint density at radius 3 is 2.50 bits per heavy atom. The molecule has 1 saturated heterocycles. The number of hydrogen-bond donors (Lipinski definition) is 2. The molecule has 0 spiro atoms. The van der Waals surface area contributed by atoms with Crippen molar-refractivity contribution in [3.63, 3.8) is 0 Å². The SMILES string of the molecule is Cc1cccc(C(O)=C2C(=O)C(=O)N(c3ccc(CC(=O)O)cc3)C2c2cc(Cl)c3c(c2)OCO3)c1. The van der Waals surface area contributed by atoms with Crippen LogP contribution in [0.4, 0.5) is 5.69 Å². The fourth-order valence-electron chi connectivity index (χ4n) is 4.46. The number of nitrogens with zero attached hydrogens (tertiary/aromatic N) is 1. The van der Waals surface area contributed by atoms with E-state index in [4.69, 9.17) is 26.2 Å². The van der Waals surface area contributed by atoms with Crippen LogP contribution >= 0.6 is 11.6 Å². The Hall–Kier alpha value is -4.30. The largest absolute Gasteiger partial charge is 0.507 e. The Morgan fingerprint density at radius 1 is 1.06 bits per heavy atom. The number of aliphatic hydroxyl groups excluding tert-OH is 1. The molecule has 1 atom stereocenters. The first-order valence-corrected chi connectivity index (χ1v) is 11.4. The Balaban J connectivity index is 1.70. The number of halogens is 1. The van der Waals surface area contributed by atoms with Crippen molar-refractivity contribution in [2.45, 2.75) is 19.4 Å². The van der Waals surface area contributed by atoms with Crippen LogP contribution in [-0.2, 0) is 20.8 Å². The van der Waals surface area contributed by atoms with Crippen LogP contribution in [0.25, 0.3) is 5.76 Å². The number of aryl methyl sites for hydroxylation is 1. The molecule has 0 radical (unpaired) electrons. The highest BCUT2D eigenvalue weighted by Gasteiger charge is 2.47. The summed E-state index contributed by atoms with van der Waals surface area (Å²) in [5.74, 6) is -2.29. The first kappa shape index (κ1) is 23.4. The quantitative estimate of drug-likeness (QED) is 0.295. The molecular weight excluding hydrogens is 486 g/mol. The molecule has 3 aromatic carbocycles. The van der Waals surface area contributed by atoms with Gasteiger partial charge in [-0.2, -0.15) is 0 Å². The lowest BCUT2D eigenvalue weighted by Gasteiger charge is -2.26. The Bertz CT molecular complexity index is 1440. The van der Waals surface area contributed by atoms with Gasteiger partial charge in [0.2, 0.25) is 6.79 Å². The van der Waals surface area contributed by atoms with Crippen LogP contribution in [0.5, 0.6) is 11.5 Å². The summed E-state index contributed by atoms with van der Waals surface area (Å²) in [6.07, 6.45) is -0.187. The maximum Gasteiger partial charge on any atom is 0.307 e. The number of carbonyl (C=O) groups is 3. The molecule has 5 rings (SSSR count). The number of anilines is 1. The van der Waals surface area contributed by atoms with Gasteiger partial charge >= 0.3 is 5.97 Å². The van der Waals surface area contributed by atoms with Crippen LogP contribution in [-0.4, -0.2) is 34.7 Å². The average molecular weight is 506 g/mol. The number of aliphatic hydroxyl groups is 1. The summed E-state index contributed by atoms with van der Waals surface area (Å²) >= 11 is 6.43. The molecule has 2 heterocycles. The van der Waals surface area contributed by atoms with Crippen LogP contribution in [0.3, 0.4) is 0 Å². The molecule has 8 nitrogen and oxygen atoms in total. The molecule has 1 unspecified atom stereocenters. The van der Waals surface area contributed by atoms with E-state index >= 15 is 0 Å². The molecular formula is C27H20ClNO7. The topological polar surface area (TPSA) is 113 Å². The standard InChI is InChI=1S/C27H20ClNO7/c1-14-3-2-4-16(9-14)24(32)22-23(17-11-19(28)26-20(12-17)35-13-36-26)29(27(34)25(22)33)18-7-5-15(6-8-18)10-21(30)31/h2-9,11-12,23,32H,10,13H2,1H3,(H,30,31). The number of benzene rings is 3. The number of Topliss-reactive ketones (excluding diaryl/α,β-unsaturated/α-hetero) is 1. The number of carboxylic acids is 1. The minimum absolute atomic E-state index is 0.0208. The van der Waals surface area contributed by atoms with E-state index in [1.807, 2.05) is 13.0 Å². The molecule has 2 aliphatic heterocycles. The summed E-state index contributed by atoms with van der Waals surface area (Å²) in [6, 6.07) is 15.4. The summed E-state index contributed by atoms with van der Waals surface area (Å²) in [5.41, 5.74) is 2.48. The summed E-state index contributed by atoms with van der Waals surface area (Å²) in [5, 5.41) is 20.6. The van der Waals surface area contributed by atoms with Gasteiger partial charge in [0.15, 0.2) is 11.5 Å². The molecule has 2 aliphatic rings. The molecule has 2 N–H and O–H groups in total. The van der Waals surface area contributed by atoms with Crippen molar-refractivity contribution in [3.8, 4) is 11.5 Å². The molecule has 182 valence electrons. The van der Waals surface area contributed by atoms with Crippen LogP contribution < -0.4 is 14.4 Å². The molecule has 36 heavy (non-hydrogen) atoms. The van der Waals surface area contributed by atoms with Crippen molar-refractivity contribution >= 4 is 40.7 Å². The zero-order chi connectivity index (χ0) is 25.6. The summed E-state index contributed by atoms with van der Waals surface area (Å²) in [6.45, 7) is 1.83. The molecule has 0 aromatic heterocycles. The first-order valence-electron chi connectivity index (χ1n) is 11.0. The van der Waals surface area contributed by atoms with Gasteiger partial charge in [-0.25, -0.2) is 0 Å². The van der Waals surface area contributed by atoms with E-state index in [1.165, 1.54) is 4.90 Å². The number of rotatable bonds is 5. The van der Waals surface area contributed by atoms with Crippen LogP contribution in [0.1, 0.15) is 28.3 Å². The third-order valence-corrected chi connectivity index (χ3v) is 6.35. The van der Waals surface area contributed by atoms with Crippen LogP contribution in [0, 0.1) is 6.92 Å². The number of amides is 1. The van der Waals surface area contributed by atoms with Crippen molar-refractivity contribution < 1.29 is 34.1 Å². The monoisotopic (exact) mass is 505 g/mol. The zero-order valence-corrected chi connectivity index (χ0v) is 19.8. The van der Waals surface area contributed by atoms with Crippen molar-refractivity contribution in [2.75, 3.05) is 11.7 Å². The van der Waals surface area contributed by atoms with Gasteiger partial charge in [-0.3, -0.25) is 19.3 Å². The zero-order valence-electron chi connectivity index (χ0n) is 19.0. The van der Waals surface area contributed by atoms with E-state index in [2.05, 4.69) is 0 Å². The second-order valence-corrected chi connectivity index (χ2v) is 8.92. The van der Waals surface area contributed by atoms with Gasteiger partial charge in [0.25, 0.3) is 11.7 Å². The predicted molar refractivity (Wildman–Crippen MR) is 131 cm³/mol. The summed E-state index contributed by atoms with van der Waals surface area (Å²) in [7, 11) is 0. The van der Waals surface area contributed by atoms with Crippen molar-refractivity contribution in [1.29, 1.82) is 0 Å². The summed E-state index contributed by atoms with van der Waals surface area (Å²) < 4.78 is 10.9. The van der Waals surface area contributed by atoms with Crippen molar-refractivity contribution in [3.05, 3.63) is 93.5 Å². The molecule has 0 aliphatic carbocycles. The van der Waals surface area contributed by atoms with Crippen molar-refractivity contribution in [1.82, 2.24) is 0 Å². The lowest BCUT2D eigenvalue weighted by atomic mass is 9.94. The minimum Gasteiger partial charge on any atom is -0.507 e. The van der Waals surface area contributed by atoms with Gasteiger partial charge in [0.1, 0.15) is 5.76 Å². The smallest absolute Gasteiger partial charge is 0.307 e. The van der Waals surface area contributed by atoms with Gasteiger partial charge in [-0.15, -0.1) is 0 Å². The predicted octanol–water partition coefficient (Wildman–Crippen LogP) is 4.63. The third kappa shape index (κ3) is 4.05. The molecule has 0 saturated carbocycles. The highest BCUT2D eigenvalue weighted by Crippen LogP contribution is 2.47. The van der Waals surface area contributed by atoms with E-state index in [0.29, 0.717) is 33.9 Å². The Kier molecular flexibility index (Phi) is 5.89. The fourth-order valence-corrected chi connectivity index (χ4v) is 4.73. The Labute approximate surface area is 210 Å². The Morgan fingerprint density at radius 2 is 1.81 bits per heavy atom. The average Bonchev–Trinajstić information content (AvgIpc) is 3.42. The number of carboxylic acid groups (broad SMARTS) is 1. The number of hydrogen-bond acceptors (Lipinski definition) is 6. The normalized spacial score (nSPS) is 18.1. The highest BCUT2D eigenvalue weighted by atomic mass is 35.5. The highest BCUT2D eigenvalue weighted by molar-refractivity contribution is 6.51. The number of ether oxygens (including phenoxy) is 2. The second-order valence-electron chi connectivity index (χ2n) is 8.51. The third-order valence-electron chi connectivity index (χ3n) is 6.07. The molecule has 3 aromatic rings. The van der Waals surface area contributed by atoms with Gasteiger partial charge < -0.3 is 19.7 Å². The van der Waals surface area contributed by atoms with Gasteiger partial charge in [-0.1, -0.05) is 47.5 Å². The van der Waals surface area contributed by atoms with E-state index in [1.54, 1.807) is 54.6 Å². The van der Waals surface area contributed by atoms with Gasteiger partial charge in [0, 0.05) is 11.3 Å². The number of fused-ring (bicyclic) bond motifs is 1. The first-order chi connectivity index (χ1) is 17.2. The molecule has 9 heteroatoms. The number of aliphatic carboxylic acids is 1.